The van der Waals surface area contributed by atoms with Crippen LogP contribution in [-0.2, 0) is 4.79 Å². The molecule has 16 heavy (non-hydrogen) atoms. The van der Waals surface area contributed by atoms with Gasteiger partial charge in [0.15, 0.2) is 5.78 Å². The third-order valence-corrected chi connectivity index (χ3v) is 3.64. The van der Waals surface area contributed by atoms with E-state index in [1.807, 2.05) is 20.8 Å². The van der Waals surface area contributed by atoms with Gasteiger partial charge in [-0.15, -0.1) is 0 Å². The van der Waals surface area contributed by atoms with Crippen LogP contribution in [0.15, 0.2) is 0 Å². The highest BCUT2D eigenvalue weighted by Crippen LogP contribution is 2.33. The Balaban J connectivity index is 5.32. The summed E-state index contributed by atoms with van der Waals surface area (Å²) in [7, 11) is 0. The molecule has 0 aromatic rings. The average molecular weight is 227 g/mol. The Labute approximate surface area is 101 Å². The van der Waals surface area contributed by atoms with Crippen molar-refractivity contribution in [3.63, 3.8) is 0 Å². The van der Waals surface area contributed by atoms with Gasteiger partial charge in [0.1, 0.15) is 0 Å². The van der Waals surface area contributed by atoms with E-state index in [0.717, 1.165) is 25.9 Å². The van der Waals surface area contributed by atoms with Gasteiger partial charge in [0.25, 0.3) is 0 Å². The van der Waals surface area contributed by atoms with Crippen molar-refractivity contribution in [2.75, 3.05) is 13.1 Å². The maximum Gasteiger partial charge on any atom is 0.158 e. The SMILES string of the molecule is CCN(CC)C(CC)(CC)C(=O)C(C)(C)C. The Hall–Kier alpha value is -0.370. The molecule has 0 N–H and O–H groups in total. The summed E-state index contributed by atoms with van der Waals surface area (Å²) in [5.41, 5.74) is -0.517. The molecule has 0 aliphatic heterocycles. The number of carbonyl (C=O) groups is 1. The van der Waals surface area contributed by atoms with Gasteiger partial charge in [-0.25, -0.2) is 0 Å². The van der Waals surface area contributed by atoms with Crippen molar-refractivity contribution in [1.29, 1.82) is 0 Å². The normalized spacial score (nSPS) is 13.2. The molecule has 0 saturated heterocycles. The van der Waals surface area contributed by atoms with E-state index in [1.54, 1.807) is 0 Å². The molecule has 0 spiro atoms. The first kappa shape index (κ1) is 15.6. The molecule has 0 aromatic carbocycles. The molecule has 0 rings (SSSR count). The third-order valence-electron chi connectivity index (χ3n) is 3.64. The van der Waals surface area contributed by atoms with E-state index in [-0.39, 0.29) is 11.0 Å². The van der Waals surface area contributed by atoms with Crippen LogP contribution in [0.1, 0.15) is 61.3 Å². The number of nitrogens with zero attached hydrogens (tertiary/aromatic N) is 1. The zero-order chi connectivity index (χ0) is 13.0. The van der Waals surface area contributed by atoms with Crippen molar-refractivity contribution >= 4 is 5.78 Å². The van der Waals surface area contributed by atoms with Crippen molar-refractivity contribution in [1.82, 2.24) is 4.90 Å². The number of hydrogen-bond acceptors (Lipinski definition) is 2. The van der Waals surface area contributed by atoms with Crippen molar-refractivity contribution in [3.05, 3.63) is 0 Å². The van der Waals surface area contributed by atoms with E-state index >= 15 is 0 Å². The van der Waals surface area contributed by atoms with Crippen LogP contribution >= 0.6 is 0 Å². The molecule has 0 fully saturated rings. The van der Waals surface area contributed by atoms with Gasteiger partial charge in [-0.05, 0) is 25.9 Å². The fourth-order valence-electron chi connectivity index (χ4n) is 2.69. The molecule has 0 heterocycles. The summed E-state index contributed by atoms with van der Waals surface area (Å²) < 4.78 is 0. The van der Waals surface area contributed by atoms with Crippen LogP contribution in [0.5, 0.6) is 0 Å². The van der Waals surface area contributed by atoms with Gasteiger partial charge in [-0.1, -0.05) is 48.5 Å². The maximum atomic E-state index is 12.7. The molecule has 0 unspecified atom stereocenters. The van der Waals surface area contributed by atoms with E-state index in [9.17, 15) is 4.79 Å². The second kappa shape index (κ2) is 5.81. The lowest BCUT2D eigenvalue weighted by molar-refractivity contribution is -0.140. The summed E-state index contributed by atoms with van der Waals surface area (Å²) in [6.45, 7) is 16.5. The molecular formula is C14H29NO. The monoisotopic (exact) mass is 227 g/mol. The predicted octanol–water partition coefficient (Wildman–Crippen LogP) is 3.50. The van der Waals surface area contributed by atoms with Crippen LogP contribution in [-0.4, -0.2) is 29.3 Å². The zero-order valence-corrected chi connectivity index (χ0v) is 12.2. The molecular weight excluding hydrogens is 198 g/mol. The van der Waals surface area contributed by atoms with E-state index in [1.165, 1.54) is 0 Å². The minimum atomic E-state index is -0.262. The van der Waals surface area contributed by atoms with E-state index in [4.69, 9.17) is 0 Å². The highest BCUT2D eigenvalue weighted by molar-refractivity contribution is 5.92. The largest absolute Gasteiger partial charge is 0.297 e. The van der Waals surface area contributed by atoms with Crippen LogP contribution in [0.2, 0.25) is 0 Å². The summed E-state index contributed by atoms with van der Waals surface area (Å²) in [6, 6.07) is 0. The lowest BCUT2D eigenvalue weighted by Gasteiger charge is -2.44. The Bertz CT molecular complexity index is 219. The Morgan fingerprint density at radius 1 is 0.938 bits per heavy atom. The maximum absolute atomic E-state index is 12.7. The van der Waals surface area contributed by atoms with Gasteiger partial charge in [0, 0.05) is 5.41 Å². The average Bonchev–Trinajstić information content (AvgIpc) is 2.24. The number of likely N-dealkylation sites (N-methyl/N-ethyl adjacent to an activating group) is 1. The lowest BCUT2D eigenvalue weighted by atomic mass is 9.74. The van der Waals surface area contributed by atoms with Gasteiger partial charge in [-0.3, -0.25) is 9.69 Å². The number of Topliss-reactive ketones (excluding diaryl/α,β-unsaturated/α-hetero) is 1. The van der Waals surface area contributed by atoms with Gasteiger partial charge in [0.05, 0.1) is 5.54 Å². The van der Waals surface area contributed by atoms with Gasteiger partial charge in [0.2, 0.25) is 0 Å². The first-order valence-corrected chi connectivity index (χ1v) is 6.60. The molecule has 0 amide bonds. The topological polar surface area (TPSA) is 20.3 Å². The Morgan fingerprint density at radius 2 is 1.31 bits per heavy atom. The van der Waals surface area contributed by atoms with Crippen LogP contribution in [0, 0.1) is 5.41 Å². The third kappa shape index (κ3) is 2.85. The molecule has 0 saturated carbocycles. The van der Waals surface area contributed by atoms with Gasteiger partial charge >= 0.3 is 0 Å². The second-order valence-corrected chi connectivity index (χ2v) is 5.49. The van der Waals surface area contributed by atoms with E-state index < -0.39 is 0 Å². The fourth-order valence-corrected chi connectivity index (χ4v) is 2.69. The number of carbonyl (C=O) groups excluding carboxylic acids is 1. The van der Waals surface area contributed by atoms with Crippen LogP contribution in [0.3, 0.4) is 0 Å². The summed E-state index contributed by atoms with van der Waals surface area (Å²) in [6.07, 6.45) is 1.81. The number of rotatable bonds is 6. The van der Waals surface area contributed by atoms with Gasteiger partial charge in [-0.2, -0.15) is 0 Å². The smallest absolute Gasteiger partial charge is 0.158 e. The minimum absolute atomic E-state index is 0.255. The zero-order valence-electron chi connectivity index (χ0n) is 12.2. The molecule has 96 valence electrons. The highest BCUT2D eigenvalue weighted by atomic mass is 16.1. The molecule has 0 radical (unpaired) electrons. The van der Waals surface area contributed by atoms with Crippen LogP contribution in [0.25, 0.3) is 0 Å². The first-order chi connectivity index (χ1) is 7.30. The first-order valence-electron chi connectivity index (χ1n) is 6.60. The molecule has 0 aliphatic rings. The molecule has 0 aliphatic carbocycles. The Morgan fingerprint density at radius 3 is 1.50 bits per heavy atom. The summed E-state index contributed by atoms with van der Waals surface area (Å²) in [4.78, 5) is 15.0. The molecule has 2 heteroatoms. The van der Waals surface area contributed by atoms with Crippen molar-refractivity contribution < 1.29 is 4.79 Å². The van der Waals surface area contributed by atoms with Gasteiger partial charge < -0.3 is 0 Å². The molecule has 0 bridgehead atoms. The number of ketones is 1. The summed E-state index contributed by atoms with van der Waals surface area (Å²) >= 11 is 0. The molecule has 2 nitrogen and oxygen atoms in total. The van der Waals surface area contributed by atoms with E-state index in [0.29, 0.717) is 5.78 Å². The minimum Gasteiger partial charge on any atom is -0.297 e. The summed E-state index contributed by atoms with van der Waals surface area (Å²) in [5.74, 6) is 0.383. The van der Waals surface area contributed by atoms with Crippen LogP contribution in [0.4, 0.5) is 0 Å². The fraction of sp³-hybridized carbons (Fsp3) is 0.929. The number of hydrogen-bond donors (Lipinski definition) is 0. The standard InChI is InChI=1S/C14H29NO/c1-8-14(9-2,15(10-3)11-4)12(16)13(5,6)7/h8-11H2,1-7H3. The lowest BCUT2D eigenvalue weighted by Crippen LogP contribution is -2.57. The second-order valence-electron chi connectivity index (χ2n) is 5.49. The summed E-state index contributed by atoms with van der Waals surface area (Å²) in [5, 5.41) is 0. The quantitative estimate of drug-likeness (QED) is 0.692. The van der Waals surface area contributed by atoms with Crippen molar-refractivity contribution in [2.24, 2.45) is 5.41 Å². The Kier molecular flexibility index (Phi) is 5.67. The predicted molar refractivity (Wildman–Crippen MR) is 70.7 cm³/mol. The van der Waals surface area contributed by atoms with Crippen LogP contribution < -0.4 is 0 Å². The van der Waals surface area contributed by atoms with E-state index in [2.05, 4.69) is 32.6 Å². The molecule has 0 aromatic heterocycles. The highest BCUT2D eigenvalue weighted by Gasteiger charge is 2.44. The van der Waals surface area contributed by atoms with Crippen molar-refractivity contribution in [3.8, 4) is 0 Å². The molecule has 0 atom stereocenters. The van der Waals surface area contributed by atoms with Crippen molar-refractivity contribution in [2.45, 2.75) is 66.8 Å².